The number of carbonyl (C=O) groups is 1. The van der Waals surface area contributed by atoms with Gasteiger partial charge in [-0.3, -0.25) is 14.9 Å². The summed E-state index contributed by atoms with van der Waals surface area (Å²) in [7, 11) is 1.60. The van der Waals surface area contributed by atoms with Crippen molar-refractivity contribution in [3.05, 3.63) is 69.3 Å². The van der Waals surface area contributed by atoms with Gasteiger partial charge in [-0.1, -0.05) is 29.8 Å². The van der Waals surface area contributed by atoms with Gasteiger partial charge in [0.2, 0.25) is 0 Å². The summed E-state index contributed by atoms with van der Waals surface area (Å²) in [6, 6.07) is 11.7. The molecule has 0 bridgehead atoms. The Hall–Kier alpha value is -2.89. The molecule has 6 nitrogen and oxygen atoms in total. The van der Waals surface area contributed by atoms with Crippen LogP contribution in [-0.2, 0) is 6.42 Å². The van der Waals surface area contributed by atoms with Crippen LogP contribution in [0, 0.1) is 17.0 Å². The molecule has 6 heteroatoms. The molecule has 0 aliphatic carbocycles. The topological polar surface area (TPSA) is 81.5 Å². The second-order valence-corrected chi connectivity index (χ2v) is 5.10. The molecule has 0 fully saturated rings. The molecule has 0 aliphatic heterocycles. The Morgan fingerprint density at radius 3 is 2.70 bits per heavy atom. The fourth-order valence-corrected chi connectivity index (χ4v) is 2.33. The molecule has 120 valence electrons. The summed E-state index contributed by atoms with van der Waals surface area (Å²) in [5.41, 5.74) is 1.95. The smallest absolute Gasteiger partial charge is 0.282 e. The Bertz CT molecular complexity index is 728. The number of ether oxygens (including phenoxy) is 1. The van der Waals surface area contributed by atoms with Gasteiger partial charge in [0.25, 0.3) is 11.6 Å². The number of nitrogens with zero attached hydrogens (tertiary/aromatic N) is 1. The van der Waals surface area contributed by atoms with Crippen molar-refractivity contribution < 1.29 is 14.5 Å². The third-order valence-corrected chi connectivity index (χ3v) is 3.46. The number of aryl methyl sites for hydroxylation is 1. The molecule has 0 unspecified atom stereocenters. The Morgan fingerprint density at radius 1 is 1.26 bits per heavy atom. The second kappa shape index (κ2) is 7.40. The van der Waals surface area contributed by atoms with Gasteiger partial charge < -0.3 is 10.1 Å². The van der Waals surface area contributed by atoms with E-state index in [1.54, 1.807) is 13.2 Å². The van der Waals surface area contributed by atoms with Crippen molar-refractivity contribution in [2.24, 2.45) is 0 Å². The molecule has 0 spiro atoms. The average Bonchev–Trinajstić information content (AvgIpc) is 2.55. The number of nitro groups is 1. The minimum atomic E-state index is -0.557. The van der Waals surface area contributed by atoms with Crippen molar-refractivity contribution >= 4 is 11.6 Å². The molecule has 0 saturated heterocycles. The summed E-state index contributed by atoms with van der Waals surface area (Å²) in [6.07, 6.45) is 0.581. The predicted molar refractivity (Wildman–Crippen MR) is 86.9 cm³/mol. The van der Waals surface area contributed by atoms with Crippen molar-refractivity contribution in [3.63, 3.8) is 0 Å². The third-order valence-electron chi connectivity index (χ3n) is 3.46. The van der Waals surface area contributed by atoms with Gasteiger partial charge in [-0.2, -0.15) is 0 Å². The minimum absolute atomic E-state index is 0.0636. The first-order valence-corrected chi connectivity index (χ1v) is 7.18. The summed E-state index contributed by atoms with van der Waals surface area (Å²) < 4.78 is 5.29. The Balaban J connectivity index is 2.04. The molecular formula is C17H18N2O4. The van der Waals surface area contributed by atoms with Crippen molar-refractivity contribution in [1.82, 2.24) is 5.32 Å². The molecule has 0 radical (unpaired) electrons. The number of hydrogen-bond acceptors (Lipinski definition) is 4. The van der Waals surface area contributed by atoms with Crippen molar-refractivity contribution in [2.45, 2.75) is 13.3 Å². The number of hydrogen-bond donors (Lipinski definition) is 1. The summed E-state index contributed by atoms with van der Waals surface area (Å²) in [5, 5.41) is 13.7. The van der Waals surface area contributed by atoms with Crippen LogP contribution in [0.25, 0.3) is 0 Å². The van der Waals surface area contributed by atoms with Gasteiger partial charge in [0.05, 0.1) is 12.0 Å². The largest absolute Gasteiger partial charge is 0.496 e. The molecule has 2 aromatic rings. The summed E-state index contributed by atoms with van der Waals surface area (Å²) in [5.74, 6) is 0.305. The van der Waals surface area contributed by atoms with Crippen LogP contribution in [0.5, 0.6) is 5.75 Å². The van der Waals surface area contributed by atoms with E-state index in [1.165, 1.54) is 18.2 Å². The van der Waals surface area contributed by atoms with E-state index >= 15 is 0 Å². The zero-order valence-corrected chi connectivity index (χ0v) is 13.0. The lowest BCUT2D eigenvalue weighted by atomic mass is 10.1. The van der Waals surface area contributed by atoms with E-state index < -0.39 is 10.8 Å². The highest BCUT2D eigenvalue weighted by molar-refractivity contribution is 5.98. The monoisotopic (exact) mass is 314 g/mol. The zero-order valence-electron chi connectivity index (χ0n) is 13.0. The molecule has 0 atom stereocenters. The number of methoxy groups -OCH3 is 1. The predicted octanol–water partition coefficient (Wildman–Crippen LogP) is 2.88. The van der Waals surface area contributed by atoms with Crippen LogP contribution in [0.3, 0.4) is 0 Å². The number of nitrogens with one attached hydrogen (secondary N) is 1. The van der Waals surface area contributed by atoms with Crippen molar-refractivity contribution in [3.8, 4) is 5.75 Å². The van der Waals surface area contributed by atoms with Gasteiger partial charge >= 0.3 is 0 Å². The van der Waals surface area contributed by atoms with E-state index in [4.69, 9.17) is 4.74 Å². The van der Waals surface area contributed by atoms with E-state index in [-0.39, 0.29) is 11.3 Å². The van der Waals surface area contributed by atoms with Crippen LogP contribution in [-0.4, -0.2) is 24.5 Å². The highest BCUT2D eigenvalue weighted by Gasteiger charge is 2.18. The van der Waals surface area contributed by atoms with Crippen LogP contribution in [0.2, 0.25) is 0 Å². The fraction of sp³-hybridized carbons (Fsp3) is 0.235. The Kier molecular flexibility index (Phi) is 5.30. The number of nitro benzene ring substituents is 1. The fourth-order valence-electron chi connectivity index (χ4n) is 2.33. The second-order valence-electron chi connectivity index (χ2n) is 5.10. The molecule has 1 amide bonds. The molecule has 0 aliphatic rings. The van der Waals surface area contributed by atoms with Crippen LogP contribution in [0.1, 0.15) is 21.5 Å². The number of benzene rings is 2. The maximum Gasteiger partial charge on any atom is 0.282 e. The lowest BCUT2D eigenvalue weighted by Gasteiger charge is -2.10. The first kappa shape index (κ1) is 16.5. The highest BCUT2D eigenvalue weighted by atomic mass is 16.6. The number of amides is 1. The standard InChI is InChI=1S/C17H18N2O4/c1-12-7-8-16(23-2)13(11-12)9-10-18-17(20)14-5-3-4-6-15(14)19(21)22/h3-8,11H,9-10H2,1-2H3,(H,18,20). The van der Waals surface area contributed by atoms with Gasteiger partial charge in [-0.05, 0) is 31.0 Å². The highest BCUT2D eigenvalue weighted by Crippen LogP contribution is 2.20. The number of carbonyl (C=O) groups excluding carboxylic acids is 1. The maximum absolute atomic E-state index is 12.1. The quantitative estimate of drug-likeness (QED) is 0.656. The van der Waals surface area contributed by atoms with Crippen LogP contribution in [0.4, 0.5) is 5.69 Å². The summed E-state index contributed by atoms with van der Waals surface area (Å²) in [6.45, 7) is 2.35. The molecule has 23 heavy (non-hydrogen) atoms. The van der Waals surface area contributed by atoms with Gasteiger partial charge in [0.15, 0.2) is 0 Å². The van der Waals surface area contributed by atoms with Gasteiger partial charge in [0, 0.05) is 12.6 Å². The van der Waals surface area contributed by atoms with Gasteiger partial charge in [-0.15, -0.1) is 0 Å². The molecule has 1 N–H and O–H groups in total. The van der Waals surface area contributed by atoms with Crippen LogP contribution < -0.4 is 10.1 Å². The van der Waals surface area contributed by atoms with E-state index in [0.717, 1.165) is 16.9 Å². The zero-order chi connectivity index (χ0) is 16.8. The lowest BCUT2D eigenvalue weighted by molar-refractivity contribution is -0.385. The molecule has 0 saturated carbocycles. The molecule has 2 aromatic carbocycles. The normalized spacial score (nSPS) is 10.2. The van der Waals surface area contributed by atoms with Gasteiger partial charge in [0.1, 0.15) is 11.3 Å². The lowest BCUT2D eigenvalue weighted by Crippen LogP contribution is -2.26. The summed E-state index contributed by atoms with van der Waals surface area (Å²) in [4.78, 5) is 22.5. The van der Waals surface area contributed by atoms with Crippen molar-refractivity contribution in [1.29, 1.82) is 0 Å². The number of rotatable bonds is 6. The first-order chi connectivity index (χ1) is 11.0. The molecule has 2 rings (SSSR count). The SMILES string of the molecule is COc1ccc(C)cc1CCNC(=O)c1ccccc1[N+](=O)[O-]. The van der Waals surface area contributed by atoms with E-state index in [9.17, 15) is 14.9 Å². The minimum Gasteiger partial charge on any atom is -0.496 e. The molecule has 0 aromatic heterocycles. The van der Waals surface area contributed by atoms with E-state index in [0.29, 0.717) is 13.0 Å². The van der Waals surface area contributed by atoms with Gasteiger partial charge in [-0.25, -0.2) is 0 Å². The first-order valence-electron chi connectivity index (χ1n) is 7.18. The van der Waals surface area contributed by atoms with Crippen LogP contribution in [0.15, 0.2) is 42.5 Å². The van der Waals surface area contributed by atoms with E-state index in [2.05, 4.69) is 5.32 Å². The number of para-hydroxylation sites is 1. The maximum atomic E-state index is 12.1. The van der Waals surface area contributed by atoms with E-state index in [1.807, 2.05) is 25.1 Å². The Morgan fingerprint density at radius 2 is 2.00 bits per heavy atom. The molecular weight excluding hydrogens is 296 g/mol. The summed E-state index contributed by atoms with van der Waals surface area (Å²) >= 11 is 0. The van der Waals surface area contributed by atoms with Crippen LogP contribution >= 0.6 is 0 Å². The third kappa shape index (κ3) is 4.06. The Labute approximate surface area is 134 Å². The average molecular weight is 314 g/mol. The van der Waals surface area contributed by atoms with Crippen molar-refractivity contribution in [2.75, 3.05) is 13.7 Å². The molecule has 0 heterocycles.